The van der Waals surface area contributed by atoms with Crippen LogP contribution in [0.15, 0.2) is 29.8 Å². The monoisotopic (exact) mass is 302 g/mol. The molecule has 21 heavy (non-hydrogen) atoms. The van der Waals surface area contributed by atoms with Crippen molar-refractivity contribution in [2.75, 3.05) is 5.32 Å². The minimum absolute atomic E-state index is 0.145. The van der Waals surface area contributed by atoms with Gasteiger partial charge >= 0.3 is 0 Å². The van der Waals surface area contributed by atoms with Gasteiger partial charge in [0.25, 0.3) is 5.91 Å². The van der Waals surface area contributed by atoms with Gasteiger partial charge in [-0.25, -0.2) is 4.98 Å². The van der Waals surface area contributed by atoms with Gasteiger partial charge in [0, 0.05) is 11.6 Å². The lowest BCUT2D eigenvalue weighted by molar-refractivity contribution is -0.122. The SMILES string of the molecule is CCC(Oc1ccc2c(c1)CCC2)C(=O)Nc1nccs1. The molecular weight excluding hydrogens is 284 g/mol. The summed E-state index contributed by atoms with van der Waals surface area (Å²) in [5, 5.41) is 5.23. The first-order valence-electron chi connectivity index (χ1n) is 7.25. The highest BCUT2D eigenvalue weighted by Crippen LogP contribution is 2.27. The van der Waals surface area contributed by atoms with Gasteiger partial charge in [-0.2, -0.15) is 0 Å². The number of aryl methyl sites for hydroxylation is 2. The molecule has 1 aromatic carbocycles. The molecule has 5 heteroatoms. The number of fused-ring (bicyclic) bond motifs is 1. The number of nitrogens with zero attached hydrogens (tertiary/aromatic N) is 1. The topological polar surface area (TPSA) is 51.2 Å². The van der Waals surface area contributed by atoms with E-state index in [1.807, 2.05) is 18.4 Å². The van der Waals surface area contributed by atoms with Gasteiger partial charge in [-0.05, 0) is 48.9 Å². The van der Waals surface area contributed by atoms with Crippen LogP contribution in [0.4, 0.5) is 5.13 Å². The van der Waals surface area contributed by atoms with Gasteiger partial charge in [0.1, 0.15) is 5.75 Å². The molecule has 4 nitrogen and oxygen atoms in total. The quantitative estimate of drug-likeness (QED) is 0.920. The van der Waals surface area contributed by atoms with Crippen LogP contribution in [0, 0.1) is 0 Å². The van der Waals surface area contributed by atoms with E-state index in [0.29, 0.717) is 11.6 Å². The summed E-state index contributed by atoms with van der Waals surface area (Å²) in [6.07, 6.45) is 5.26. The minimum atomic E-state index is -0.492. The lowest BCUT2D eigenvalue weighted by atomic mass is 10.1. The van der Waals surface area contributed by atoms with E-state index in [2.05, 4.69) is 22.4 Å². The largest absolute Gasteiger partial charge is 0.481 e. The number of anilines is 1. The predicted octanol–water partition coefficient (Wildman–Crippen LogP) is 3.43. The second-order valence-electron chi connectivity index (χ2n) is 5.13. The third kappa shape index (κ3) is 3.24. The molecule has 0 spiro atoms. The molecule has 3 rings (SSSR count). The molecule has 1 N–H and O–H groups in total. The first-order valence-corrected chi connectivity index (χ1v) is 8.13. The summed E-state index contributed by atoms with van der Waals surface area (Å²) in [6, 6.07) is 6.15. The number of amides is 1. The van der Waals surface area contributed by atoms with Crippen molar-refractivity contribution in [3.8, 4) is 5.75 Å². The Kier molecular flexibility index (Phi) is 4.20. The molecule has 0 bridgehead atoms. The Balaban J connectivity index is 1.67. The number of aromatic nitrogens is 1. The average Bonchev–Trinajstić information content (AvgIpc) is 3.14. The maximum absolute atomic E-state index is 12.2. The van der Waals surface area contributed by atoms with Gasteiger partial charge < -0.3 is 4.74 Å². The van der Waals surface area contributed by atoms with E-state index in [1.165, 1.54) is 28.9 Å². The van der Waals surface area contributed by atoms with Gasteiger partial charge in [-0.1, -0.05) is 13.0 Å². The maximum atomic E-state index is 12.2. The van der Waals surface area contributed by atoms with Crippen molar-refractivity contribution < 1.29 is 9.53 Å². The van der Waals surface area contributed by atoms with E-state index in [1.54, 1.807) is 6.20 Å². The van der Waals surface area contributed by atoms with Crippen molar-refractivity contribution in [3.05, 3.63) is 40.9 Å². The molecule has 1 aliphatic carbocycles. The summed E-state index contributed by atoms with van der Waals surface area (Å²) in [4.78, 5) is 16.3. The maximum Gasteiger partial charge on any atom is 0.267 e. The van der Waals surface area contributed by atoms with E-state index in [9.17, 15) is 4.79 Å². The van der Waals surface area contributed by atoms with Crippen molar-refractivity contribution in [1.29, 1.82) is 0 Å². The second-order valence-corrected chi connectivity index (χ2v) is 6.02. The van der Waals surface area contributed by atoms with Crippen molar-refractivity contribution in [3.63, 3.8) is 0 Å². The molecule has 2 aromatic rings. The number of rotatable bonds is 5. The van der Waals surface area contributed by atoms with Crippen LogP contribution in [0.25, 0.3) is 0 Å². The van der Waals surface area contributed by atoms with Gasteiger partial charge in [-0.3, -0.25) is 10.1 Å². The predicted molar refractivity (Wildman–Crippen MR) is 83.9 cm³/mol. The summed E-state index contributed by atoms with van der Waals surface area (Å²) in [6.45, 7) is 1.94. The van der Waals surface area contributed by atoms with E-state index in [4.69, 9.17) is 4.74 Å². The number of carbonyl (C=O) groups is 1. The fraction of sp³-hybridized carbons (Fsp3) is 0.375. The van der Waals surface area contributed by atoms with E-state index in [-0.39, 0.29) is 5.91 Å². The molecule has 0 aliphatic heterocycles. The number of hydrogen-bond acceptors (Lipinski definition) is 4. The molecule has 1 unspecified atom stereocenters. The minimum Gasteiger partial charge on any atom is -0.481 e. The van der Waals surface area contributed by atoms with Crippen molar-refractivity contribution >= 4 is 22.4 Å². The summed E-state index contributed by atoms with van der Waals surface area (Å²) < 4.78 is 5.86. The highest BCUT2D eigenvalue weighted by Gasteiger charge is 2.20. The zero-order valence-corrected chi connectivity index (χ0v) is 12.8. The third-order valence-electron chi connectivity index (χ3n) is 3.67. The van der Waals surface area contributed by atoms with E-state index < -0.39 is 6.10 Å². The molecule has 1 atom stereocenters. The Bertz CT molecular complexity index is 625. The molecule has 0 saturated heterocycles. The van der Waals surface area contributed by atoms with Gasteiger partial charge in [-0.15, -0.1) is 11.3 Å². The summed E-state index contributed by atoms with van der Waals surface area (Å²) >= 11 is 1.40. The fourth-order valence-corrected chi connectivity index (χ4v) is 3.11. The lowest BCUT2D eigenvalue weighted by Crippen LogP contribution is -2.32. The Morgan fingerprint density at radius 3 is 3.05 bits per heavy atom. The van der Waals surface area contributed by atoms with Gasteiger partial charge in [0.15, 0.2) is 11.2 Å². The van der Waals surface area contributed by atoms with E-state index >= 15 is 0 Å². The molecule has 0 saturated carbocycles. The zero-order chi connectivity index (χ0) is 14.7. The van der Waals surface area contributed by atoms with Crippen LogP contribution >= 0.6 is 11.3 Å². The molecule has 1 aromatic heterocycles. The van der Waals surface area contributed by atoms with Gasteiger partial charge in [0.2, 0.25) is 0 Å². The highest BCUT2D eigenvalue weighted by atomic mass is 32.1. The summed E-state index contributed by atoms with van der Waals surface area (Å²) in [5.74, 6) is 0.629. The summed E-state index contributed by atoms with van der Waals surface area (Å²) in [7, 11) is 0. The van der Waals surface area contributed by atoms with Crippen LogP contribution < -0.4 is 10.1 Å². The van der Waals surface area contributed by atoms with Crippen molar-refractivity contribution in [2.45, 2.75) is 38.7 Å². The third-order valence-corrected chi connectivity index (χ3v) is 4.36. The molecule has 1 aliphatic rings. The van der Waals surface area contributed by atoms with Gasteiger partial charge in [0.05, 0.1) is 0 Å². The fourth-order valence-electron chi connectivity index (χ4n) is 2.58. The number of thiazole rings is 1. The number of ether oxygens (including phenoxy) is 1. The Morgan fingerprint density at radius 1 is 1.43 bits per heavy atom. The Hall–Kier alpha value is -1.88. The van der Waals surface area contributed by atoms with Crippen LogP contribution in [0.1, 0.15) is 30.9 Å². The highest BCUT2D eigenvalue weighted by molar-refractivity contribution is 7.13. The normalized spacial score (nSPS) is 14.5. The van der Waals surface area contributed by atoms with Crippen LogP contribution in [0.3, 0.4) is 0 Å². The number of hydrogen-bond donors (Lipinski definition) is 1. The van der Waals surface area contributed by atoms with Crippen LogP contribution in [-0.2, 0) is 17.6 Å². The Labute approximate surface area is 128 Å². The number of carbonyl (C=O) groups excluding carboxylic acids is 1. The molecule has 110 valence electrons. The Morgan fingerprint density at radius 2 is 2.29 bits per heavy atom. The average molecular weight is 302 g/mol. The first kappa shape index (κ1) is 14.1. The van der Waals surface area contributed by atoms with E-state index in [0.717, 1.165) is 18.6 Å². The summed E-state index contributed by atoms with van der Waals surface area (Å²) in [5.41, 5.74) is 2.75. The van der Waals surface area contributed by atoms with Crippen LogP contribution in [0.5, 0.6) is 5.75 Å². The number of benzene rings is 1. The zero-order valence-electron chi connectivity index (χ0n) is 12.0. The van der Waals surface area contributed by atoms with Crippen LogP contribution in [-0.4, -0.2) is 17.0 Å². The van der Waals surface area contributed by atoms with Crippen molar-refractivity contribution in [2.24, 2.45) is 0 Å². The molecule has 0 fully saturated rings. The molecule has 1 heterocycles. The lowest BCUT2D eigenvalue weighted by Gasteiger charge is -2.17. The second kappa shape index (κ2) is 6.26. The standard InChI is InChI=1S/C16H18N2O2S/c1-2-14(15(19)18-16-17-8-9-21-16)20-13-7-6-11-4-3-5-12(11)10-13/h6-10,14H,2-5H2,1H3,(H,17,18,19). The number of nitrogens with one attached hydrogen (secondary N) is 1. The smallest absolute Gasteiger partial charge is 0.267 e. The van der Waals surface area contributed by atoms with Crippen molar-refractivity contribution in [1.82, 2.24) is 4.98 Å². The molecular formula is C16H18N2O2S. The molecule has 0 radical (unpaired) electrons. The molecule has 1 amide bonds. The van der Waals surface area contributed by atoms with Crippen LogP contribution in [0.2, 0.25) is 0 Å². The first-order chi connectivity index (χ1) is 10.3.